The third kappa shape index (κ3) is 10.5. The van der Waals surface area contributed by atoms with Gasteiger partial charge in [-0.1, -0.05) is 32.9 Å². The molecule has 0 bridgehead atoms. The smallest absolute Gasteiger partial charge is 0.311 e. The second-order valence-electron chi connectivity index (χ2n) is 14.2. The van der Waals surface area contributed by atoms with Crippen LogP contribution in [0, 0.1) is 23.7 Å². The Labute approximate surface area is 280 Å². The Morgan fingerprint density at radius 3 is 2.21 bits per heavy atom. The predicted octanol–water partition coefficient (Wildman–Crippen LogP) is 1.28. The number of oxime groups is 1. The summed E-state index contributed by atoms with van der Waals surface area (Å²) in [7, 11) is 5.25. The van der Waals surface area contributed by atoms with E-state index >= 15 is 0 Å². The molecule has 0 spiro atoms. The van der Waals surface area contributed by atoms with Crippen LogP contribution in [0.15, 0.2) is 5.16 Å². The molecule has 2 saturated heterocycles. The topological polar surface area (TPSA) is 189 Å². The molecule has 0 aromatic rings. The lowest BCUT2D eigenvalue weighted by atomic mass is 9.73. The minimum absolute atomic E-state index is 0.00777. The lowest BCUT2D eigenvalue weighted by molar-refractivity contribution is -0.298. The van der Waals surface area contributed by atoms with Crippen LogP contribution in [-0.2, 0) is 33.3 Å². The first-order valence-corrected chi connectivity index (χ1v) is 16.7. The van der Waals surface area contributed by atoms with E-state index in [4.69, 9.17) is 28.5 Å². The summed E-state index contributed by atoms with van der Waals surface area (Å²) in [6, 6.07) is -0.289. The highest BCUT2D eigenvalue weighted by Gasteiger charge is 2.51. The number of rotatable bonds is 10. The van der Waals surface area contributed by atoms with Gasteiger partial charge in [-0.25, -0.2) is 0 Å². The average Bonchev–Trinajstić information content (AvgIpc) is 3.00. The Balaban J connectivity index is 2.61. The highest BCUT2D eigenvalue weighted by Crippen LogP contribution is 2.38. The van der Waals surface area contributed by atoms with Gasteiger partial charge in [-0.05, 0) is 61.1 Å². The lowest BCUT2D eigenvalue weighted by Gasteiger charge is -2.47. The molecule has 2 aliphatic rings. The van der Waals surface area contributed by atoms with Crippen LogP contribution in [0.5, 0.6) is 0 Å². The van der Waals surface area contributed by atoms with Crippen LogP contribution in [0.3, 0.4) is 0 Å². The highest BCUT2D eigenvalue weighted by atomic mass is 16.7. The van der Waals surface area contributed by atoms with Crippen molar-refractivity contribution in [3.63, 3.8) is 0 Å². The number of aliphatic hydroxyl groups excluding tert-OH is 3. The molecule has 5 N–H and O–H groups in total. The van der Waals surface area contributed by atoms with Gasteiger partial charge in [0.25, 0.3) is 0 Å². The van der Waals surface area contributed by atoms with Crippen LogP contribution in [-0.4, -0.2) is 143 Å². The number of ether oxygens (including phenoxy) is 5. The summed E-state index contributed by atoms with van der Waals surface area (Å²) in [5.74, 6) is -4.17. The molecule has 14 atom stereocenters. The first-order chi connectivity index (χ1) is 21.8. The zero-order valence-corrected chi connectivity index (χ0v) is 30.2. The maximum Gasteiger partial charge on any atom is 0.311 e. The molecule has 0 aliphatic carbocycles. The van der Waals surface area contributed by atoms with Gasteiger partial charge in [-0.3, -0.25) is 4.79 Å². The van der Waals surface area contributed by atoms with Gasteiger partial charge in [-0.2, -0.15) is 0 Å². The summed E-state index contributed by atoms with van der Waals surface area (Å²) >= 11 is 0. The Kier molecular flexibility index (Phi) is 16.0. The largest absolute Gasteiger partial charge is 0.459 e. The molecular formula is C33H62N2O12. The Bertz CT molecular complexity index is 995. The fourth-order valence-corrected chi connectivity index (χ4v) is 6.93. The van der Waals surface area contributed by atoms with E-state index in [1.165, 1.54) is 13.8 Å². The third-order valence-corrected chi connectivity index (χ3v) is 9.85. The van der Waals surface area contributed by atoms with E-state index < -0.39 is 77.7 Å². The molecule has 2 rings (SSSR count). The average molecular weight is 679 g/mol. The number of carbonyl (C=O) groups excluding carboxylic acids is 1. The van der Waals surface area contributed by atoms with Gasteiger partial charge in [-0.15, -0.1) is 0 Å². The molecule has 14 nitrogen and oxygen atoms in total. The summed E-state index contributed by atoms with van der Waals surface area (Å²) in [5, 5.41) is 62.4. The molecule has 0 radical (unpaired) electrons. The molecule has 14 heteroatoms. The molecule has 0 unspecified atom stereocenters. The molecule has 0 aromatic carbocycles. The van der Waals surface area contributed by atoms with Crippen molar-refractivity contribution in [2.24, 2.45) is 28.8 Å². The van der Waals surface area contributed by atoms with E-state index in [1.807, 2.05) is 25.9 Å². The number of aliphatic hydroxyl groups is 5. The number of nitrogens with zero attached hydrogens (tertiary/aromatic N) is 2. The molecule has 0 saturated carbocycles. The van der Waals surface area contributed by atoms with Gasteiger partial charge in [0.05, 0.1) is 54.9 Å². The van der Waals surface area contributed by atoms with Gasteiger partial charge in [0, 0.05) is 30.9 Å². The monoisotopic (exact) mass is 678 g/mol. The van der Waals surface area contributed by atoms with Crippen LogP contribution in [0.4, 0.5) is 0 Å². The van der Waals surface area contributed by atoms with E-state index in [9.17, 15) is 30.3 Å². The SMILES string of the molecule is CC[C@H]1OC(=O)[C@H](C)[C@@H](O)[C@H](C)[C@@H](O[C@@H]2O[C@H](C)C[C@H](N(C)C)[C@H]2O)[C@](C)(O)C[C@@H](C)C(=NOCOCCOC)[C@H](C)[C@@H](O)[C@]1(C)O. The second-order valence-corrected chi connectivity index (χ2v) is 14.2. The molecular weight excluding hydrogens is 616 g/mol. The van der Waals surface area contributed by atoms with E-state index in [0.717, 1.165) is 0 Å². The second kappa shape index (κ2) is 18.0. The standard InChI is InChI=1S/C33H62N2O12/c1-12-24-33(8,41)28(38)20(4)25(34-44-17-43-14-13-42-11)18(2)16-32(7,40)29(21(5)26(36)22(6)30(39)46-24)47-31-27(37)23(35(9)10)15-19(3)45-31/h18-24,26-29,31,36-38,40-41H,12-17H2,1-11H3/t18-,19-,20+,21+,22-,23+,24-,26+,27-,28-,29-,31+,32-,33-/m1/s1. The summed E-state index contributed by atoms with van der Waals surface area (Å²) in [6.45, 7) is 13.5. The Morgan fingerprint density at radius 2 is 1.64 bits per heavy atom. The van der Waals surface area contributed by atoms with Gasteiger partial charge in [0.1, 0.15) is 17.8 Å². The van der Waals surface area contributed by atoms with Crippen molar-refractivity contribution >= 4 is 11.7 Å². The van der Waals surface area contributed by atoms with Crippen LogP contribution >= 0.6 is 0 Å². The molecule has 276 valence electrons. The Morgan fingerprint density at radius 1 is 1.00 bits per heavy atom. The maximum absolute atomic E-state index is 13.4. The number of cyclic esters (lactones) is 1. The number of methoxy groups -OCH3 is 1. The minimum Gasteiger partial charge on any atom is -0.459 e. The molecule has 2 aliphatic heterocycles. The number of hydrogen-bond donors (Lipinski definition) is 5. The van der Waals surface area contributed by atoms with E-state index in [2.05, 4.69) is 5.16 Å². The van der Waals surface area contributed by atoms with Gasteiger partial charge in [0.15, 0.2) is 6.29 Å². The van der Waals surface area contributed by atoms with Crippen molar-refractivity contribution in [2.45, 2.75) is 135 Å². The number of esters is 1. The summed E-state index contributed by atoms with van der Waals surface area (Å²) in [6.07, 6.45) is -6.88. The van der Waals surface area contributed by atoms with Crippen molar-refractivity contribution in [2.75, 3.05) is 41.2 Å². The predicted molar refractivity (Wildman–Crippen MR) is 173 cm³/mol. The quantitative estimate of drug-likeness (QED) is 0.0963. The van der Waals surface area contributed by atoms with Crippen molar-refractivity contribution in [1.82, 2.24) is 4.90 Å². The summed E-state index contributed by atoms with van der Waals surface area (Å²) < 4.78 is 28.5. The van der Waals surface area contributed by atoms with Crippen LogP contribution in [0.1, 0.15) is 74.7 Å². The van der Waals surface area contributed by atoms with Crippen LogP contribution in [0.25, 0.3) is 0 Å². The summed E-state index contributed by atoms with van der Waals surface area (Å²) in [4.78, 5) is 20.8. The molecule has 47 heavy (non-hydrogen) atoms. The van der Waals surface area contributed by atoms with Crippen LogP contribution < -0.4 is 0 Å². The first kappa shape index (κ1) is 41.7. The zero-order chi connectivity index (χ0) is 35.9. The van der Waals surface area contributed by atoms with Crippen molar-refractivity contribution < 1.29 is 58.8 Å². The van der Waals surface area contributed by atoms with Crippen molar-refractivity contribution in [1.29, 1.82) is 0 Å². The molecule has 2 heterocycles. The highest BCUT2D eigenvalue weighted by molar-refractivity contribution is 5.88. The maximum atomic E-state index is 13.4. The number of hydrogen-bond acceptors (Lipinski definition) is 14. The van der Waals surface area contributed by atoms with E-state index in [-0.39, 0.29) is 38.4 Å². The van der Waals surface area contributed by atoms with E-state index in [0.29, 0.717) is 18.7 Å². The molecule has 0 aromatic heterocycles. The fraction of sp³-hybridized carbons (Fsp3) is 0.939. The Hall–Kier alpha value is -1.46. The third-order valence-electron chi connectivity index (χ3n) is 9.85. The molecule has 0 amide bonds. The minimum atomic E-state index is -1.91. The normalized spacial score (nSPS) is 43.9. The summed E-state index contributed by atoms with van der Waals surface area (Å²) in [5.41, 5.74) is -3.32. The van der Waals surface area contributed by atoms with Crippen molar-refractivity contribution in [3.8, 4) is 0 Å². The zero-order valence-electron chi connectivity index (χ0n) is 30.2. The first-order valence-electron chi connectivity index (χ1n) is 16.7. The molecule has 2 fully saturated rings. The van der Waals surface area contributed by atoms with Gasteiger partial charge >= 0.3 is 5.97 Å². The fourth-order valence-electron chi connectivity index (χ4n) is 6.93. The van der Waals surface area contributed by atoms with Gasteiger partial charge < -0.3 is 59.0 Å². The number of likely N-dealkylation sites (N-methyl/N-ethyl adjacent to an activating group) is 1. The van der Waals surface area contributed by atoms with Crippen molar-refractivity contribution in [3.05, 3.63) is 0 Å². The number of carbonyl (C=O) groups is 1. The lowest BCUT2D eigenvalue weighted by Crippen LogP contribution is -2.60. The van der Waals surface area contributed by atoms with Gasteiger partial charge in [0.2, 0.25) is 6.79 Å². The van der Waals surface area contributed by atoms with Crippen LogP contribution in [0.2, 0.25) is 0 Å². The van der Waals surface area contributed by atoms with E-state index in [1.54, 1.807) is 41.7 Å².